The van der Waals surface area contributed by atoms with Crippen molar-refractivity contribution in [1.29, 1.82) is 0 Å². The minimum absolute atomic E-state index is 0.415. The summed E-state index contributed by atoms with van der Waals surface area (Å²) in [6.07, 6.45) is 4.85. The molecule has 1 aromatic rings. The lowest BCUT2D eigenvalue weighted by molar-refractivity contribution is 0.394. The van der Waals surface area contributed by atoms with Crippen molar-refractivity contribution in [3.8, 4) is 5.75 Å². The molecule has 0 aliphatic heterocycles. The highest BCUT2D eigenvalue weighted by molar-refractivity contribution is 5.72. The molecule has 0 fully saturated rings. The quantitative estimate of drug-likeness (QED) is 0.794. The fraction of sp³-hybridized carbons (Fsp3) is 0.500. The first-order valence-corrected chi connectivity index (χ1v) is 6.59. The standard InChI is InChI=1S/C16H22O/c1-11(2)13-9-8-12(3)10-15(13)14-6-4-5-7-16(14)17/h4-7,10-13,17H,8-9H2,1-3H3/t12-,13+/m0/s1. The molecule has 1 N–H and O–H groups in total. The van der Waals surface area contributed by atoms with Crippen molar-refractivity contribution >= 4 is 5.57 Å². The van der Waals surface area contributed by atoms with Crippen LogP contribution in [0.25, 0.3) is 5.57 Å². The van der Waals surface area contributed by atoms with E-state index >= 15 is 0 Å². The first-order chi connectivity index (χ1) is 8.09. The highest BCUT2D eigenvalue weighted by Crippen LogP contribution is 2.41. The zero-order valence-electron chi connectivity index (χ0n) is 11.0. The second-order valence-electron chi connectivity index (χ2n) is 5.54. The molecule has 1 aliphatic carbocycles. The SMILES string of the molecule is CC(C)[C@H]1CC[C@H](C)C=C1c1ccccc1O. The van der Waals surface area contributed by atoms with Crippen molar-refractivity contribution in [3.05, 3.63) is 35.9 Å². The molecule has 0 amide bonds. The summed E-state index contributed by atoms with van der Waals surface area (Å²) in [5.41, 5.74) is 2.37. The Hall–Kier alpha value is -1.24. The number of aromatic hydroxyl groups is 1. The largest absolute Gasteiger partial charge is 0.507 e. The molecule has 0 spiro atoms. The van der Waals surface area contributed by atoms with Crippen LogP contribution in [-0.2, 0) is 0 Å². The number of phenolic OH excluding ortho intramolecular Hbond substituents is 1. The molecule has 1 aliphatic rings. The van der Waals surface area contributed by atoms with Crippen LogP contribution in [0.5, 0.6) is 5.75 Å². The summed E-state index contributed by atoms with van der Waals surface area (Å²) < 4.78 is 0. The van der Waals surface area contributed by atoms with Crippen LogP contribution in [0.15, 0.2) is 30.3 Å². The van der Waals surface area contributed by atoms with Crippen LogP contribution < -0.4 is 0 Å². The third kappa shape index (κ3) is 2.54. The second kappa shape index (κ2) is 4.95. The number of phenols is 1. The van der Waals surface area contributed by atoms with Crippen LogP contribution in [0.3, 0.4) is 0 Å². The second-order valence-corrected chi connectivity index (χ2v) is 5.54. The van der Waals surface area contributed by atoms with E-state index in [0.29, 0.717) is 23.5 Å². The number of hydrogen-bond acceptors (Lipinski definition) is 1. The van der Waals surface area contributed by atoms with Gasteiger partial charge in [0.25, 0.3) is 0 Å². The van der Waals surface area contributed by atoms with Gasteiger partial charge in [0.15, 0.2) is 0 Å². The Morgan fingerprint density at radius 1 is 1.18 bits per heavy atom. The van der Waals surface area contributed by atoms with E-state index in [0.717, 1.165) is 5.56 Å². The normalized spacial score (nSPS) is 24.8. The monoisotopic (exact) mass is 230 g/mol. The van der Waals surface area contributed by atoms with E-state index in [1.807, 2.05) is 18.2 Å². The van der Waals surface area contributed by atoms with E-state index in [2.05, 4.69) is 26.8 Å². The zero-order valence-corrected chi connectivity index (χ0v) is 11.0. The molecule has 1 heteroatoms. The lowest BCUT2D eigenvalue weighted by Gasteiger charge is -2.30. The van der Waals surface area contributed by atoms with Crippen molar-refractivity contribution in [3.63, 3.8) is 0 Å². The summed E-state index contributed by atoms with van der Waals surface area (Å²) in [6, 6.07) is 7.71. The molecule has 2 rings (SSSR count). The fourth-order valence-corrected chi connectivity index (χ4v) is 2.81. The van der Waals surface area contributed by atoms with E-state index in [4.69, 9.17) is 0 Å². The van der Waals surface area contributed by atoms with Crippen molar-refractivity contribution in [2.45, 2.75) is 33.6 Å². The molecule has 1 aromatic carbocycles. The van der Waals surface area contributed by atoms with Gasteiger partial charge in [0.1, 0.15) is 5.75 Å². The number of rotatable bonds is 2. The van der Waals surface area contributed by atoms with Gasteiger partial charge in [-0.1, -0.05) is 45.0 Å². The molecule has 0 saturated carbocycles. The van der Waals surface area contributed by atoms with E-state index in [1.54, 1.807) is 6.07 Å². The summed E-state index contributed by atoms with van der Waals surface area (Å²) in [4.78, 5) is 0. The predicted octanol–water partition coefficient (Wildman–Crippen LogP) is 4.48. The lowest BCUT2D eigenvalue weighted by Crippen LogP contribution is -2.17. The first-order valence-electron chi connectivity index (χ1n) is 6.59. The highest BCUT2D eigenvalue weighted by atomic mass is 16.3. The molecular weight excluding hydrogens is 208 g/mol. The molecular formula is C16H22O. The van der Waals surface area contributed by atoms with Gasteiger partial charge in [-0.3, -0.25) is 0 Å². The van der Waals surface area contributed by atoms with Crippen LogP contribution in [0.4, 0.5) is 0 Å². The van der Waals surface area contributed by atoms with Crippen molar-refractivity contribution < 1.29 is 5.11 Å². The van der Waals surface area contributed by atoms with Gasteiger partial charge in [-0.15, -0.1) is 0 Å². The van der Waals surface area contributed by atoms with Crippen molar-refractivity contribution in [2.75, 3.05) is 0 Å². The van der Waals surface area contributed by atoms with E-state index in [9.17, 15) is 5.11 Å². The molecule has 2 atom stereocenters. The Balaban J connectivity index is 2.42. The molecule has 0 unspecified atom stereocenters. The van der Waals surface area contributed by atoms with Gasteiger partial charge >= 0.3 is 0 Å². The van der Waals surface area contributed by atoms with Gasteiger partial charge in [-0.25, -0.2) is 0 Å². The third-order valence-corrected chi connectivity index (χ3v) is 3.82. The fourth-order valence-electron chi connectivity index (χ4n) is 2.81. The van der Waals surface area contributed by atoms with Gasteiger partial charge in [-0.05, 0) is 42.2 Å². The van der Waals surface area contributed by atoms with Crippen LogP contribution in [0, 0.1) is 17.8 Å². The molecule has 0 bridgehead atoms. The third-order valence-electron chi connectivity index (χ3n) is 3.82. The number of hydrogen-bond donors (Lipinski definition) is 1. The Morgan fingerprint density at radius 3 is 2.53 bits per heavy atom. The average molecular weight is 230 g/mol. The van der Waals surface area contributed by atoms with Gasteiger partial charge in [-0.2, -0.15) is 0 Å². The Morgan fingerprint density at radius 2 is 1.88 bits per heavy atom. The maximum absolute atomic E-state index is 10.0. The maximum Gasteiger partial charge on any atom is 0.123 e. The topological polar surface area (TPSA) is 20.2 Å². The molecule has 0 saturated heterocycles. The summed E-state index contributed by atoms with van der Waals surface area (Å²) in [5.74, 6) is 2.26. The van der Waals surface area contributed by atoms with Crippen molar-refractivity contribution in [2.24, 2.45) is 17.8 Å². The molecule has 0 heterocycles. The van der Waals surface area contributed by atoms with Gasteiger partial charge in [0.2, 0.25) is 0 Å². The molecule has 1 nitrogen and oxygen atoms in total. The van der Waals surface area contributed by atoms with Crippen LogP contribution >= 0.6 is 0 Å². The predicted molar refractivity (Wildman–Crippen MR) is 72.8 cm³/mol. The Kier molecular flexibility index (Phi) is 3.56. The van der Waals surface area contributed by atoms with Crippen LogP contribution in [-0.4, -0.2) is 5.11 Å². The highest BCUT2D eigenvalue weighted by Gasteiger charge is 2.25. The molecule has 0 radical (unpaired) electrons. The van der Waals surface area contributed by atoms with Gasteiger partial charge in [0.05, 0.1) is 0 Å². The molecule has 17 heavy (non-hydrogen) atoms. The lowest BCUT2D eigenvalue weighted by atomic mass is 9.74. The summed E-state index contributed by atoms with van der Waals surface area (Å²) in [7, 11) is 0. The smallest absolute Gasteiger partial charge is 0.123 e. The minimum atomic E-state index is 0.415. The molecule has 92 valence electrons. The summed E-state index contributed by atoms with van der Waals surface area (Å²) >= 11 is 0. The van der Waals surface area contributed by atoms with Gasteiger partial charge < -0.3 is 5.11 Å². The Bertz CT molecular complexity index is 417. The Labute approximate surface area is 104 Å². The van der Waals surface area contributed by atoms with Gasteiger partial charge in [0, 0.05) is 5.56 Å². The summed E-state index contributed by atoms with van der Waals surface area (Å²) in [6.45, 7) is 6.81. The van der Waals surface area contributed by atoms with Crippen molar-refractivity contribution in [1.82, 2.24) is 0 Å². The molecule has 0 aromatic heterocycles. The average Bonchev–Trinajstić information content (AvgIpc) is 2.29. The van der Waals surface area contributed by atoms with Crippen LogP contribution in [0.2, 0.25) is 0 Å². The number of para-hydroxylation sites is 1. The summed E-state index contributed by atoms with van der Waals surface area (Å²) in [5, 5.41) is 10.0. The van der Waals surface area contributed by atoms with E-state index in [1.165, 1.54) is 18.4 Å². The zero-order chi connectivity index (χ0) is 12.4. The number of benzene rings is 1. The van der Waals surface area contributed by atoms with Crippen LogP contribution in [0.1, 0.15) is 39.2 Å². The number of allylic oxidation sites excluding steroid dienone is 2. The van der Waals surface area contributed by atoms with E-state index in [-0.39, 0.29) is 0 Å². The maximum atomic E-state index is 10.0. The minimum Gasteiger partial charge on any atom is -0.507 e. The first kappa shape index (κ1) is 12.2. The van der Waals surface area contributed by atoms with E-state index < -0.39 is 0 Å².